The van der Waals surface area contributed by atoms with E-state index in [9.17, 15) is 4.79 Å². The third kappa shape index (κ3) is 2.88. The van der Waals surface area contributed by atoms with Gasteiger partial charge < -0.3 is 19.9 Å². The van der Waals surface area contributed by atoms with Crippen LogP contribution in [0, 0.1) is 5.92 Å². The maximum atomic E-state index is 10.9. The van der Waals surface area contributed by atoms with E-state index in [0.717, 1.165) is 29.9 Å². The Morgan fingerprint density at radius 2 is 2.15 bits per heavy atom. The average Bonchev–Trinajstić information content (AvgIpc) is 2.80. The van der Waals surface area contributed by atoms with Gasteiger partial charge in [-0.05, 0) is 36.5 Å². The van der Waals surface area contributed by atoms with Gasteiger partial charge in [-0.2, -0.15) is 0 Å². The first kappa shape index (κ1) is 13.2. The highest BCUT2D eigenvalue weighted by molar-refractivity contribution is 5.67. The van der Waals surface area contributed by atoms with Crippen LogP contribution in [0.5, 0.6) is 11.5 Å². The predicted molar refractivity (Wildman–Crippen MR) is 72.8 cm³/mol. The lowest BCUT2D eigenvalue weighted by Crippen LogP contribution is -2.40. The number of benzene rings is 1. The van der Waals surface area contributed by atoms with E-state index in [1.807, 2.05) is 18.2 Å². The van der Waals surface area contributed by atoms with Gasteiger partial charge >= 0.3 is 5.97 Å². The van der Waals surface area contributed by atoms with Gasteiger partial charge in [0.2, 0.25) is 6.79 Å². The molecule has 5 nitrogen and oxygen atoms in total. The Kier molecular flexibility index (Phi) is 3.78. The molecule has 0 bridgehead atoms. The van der Waals surface area contributed by atoms with E-state index < -0.39 is 5.97 Å². The maximum Gasteiger partial charge on any atom is 0.304 e. The van der Waals surface area contributed by atoms with E-state index in [0.29, 0.717) is 12.5 Å². The fraction of sp³-hybridized carbons (Fsp3) is 0.533. The molecule has 3 rings (SSSR count). The Morgan fingerprint density at radius 1 is 1.35 bits per heavy atom. The zero-order valence-corrected chi connectivity index (χ0v) is 11.3. The molecule has 0 amide bonds. The largest absolute Gasteiger partial charge is 0.481 e. The average molecular weight is 277 g/mol. The molecule has 0 saturated heterocycles. The molecular formula is C15H19NO4. The van der Waals surface area contributed by atoms with Gasteiger partial charge in [-0.15, -0.1) is 0 Å². The van der Waals surface area contributed by atoms with Crippen molar-refractivity contribution in [1.29, 1.82) is 0 Å². The standard InChI is InChI=1S/C15H19NO4/c17-15(18)7-12(11-2-1-3-11)16-8-10-4-5-13-14(6-10)20-9-19-13/h4-6,11-12,16H,1-3,7-9H2,(H,17,18). The number of fused-ring (bicyclic) bond motifs is 1. The molecule has 2 N–H and O–H groups in total. The van der Waals surface area contributed by atoms with E-state index in [4.69, 9.17) is 14.6 Å². The highest BCUT2D eigenvalue weighted by Crippen LogP contribution is 2.33. The summed E-state index contributed by atoms with van der Waals surface area (Å²) in [6.45, 7) is 0.932. The van der Waals surface area contributed by atoms with Crippen LogP contribution in [0.3, 0.4) is 0 Å². The molecule has 108 valence electrons. The summed E-state index contributed by atoms with van der Waals surface area (Å²) >= 11 is 0. The van der Waals surface area contributed by atoms with Crippen LogP contribution in [0.1, 0.15) is 31.2 Å². The van der Waals surface area contributed by atoms with Crippen LogP contribution >= 0.6 is 0 Å². The fourth-order valence-corrected chi connectivity index (χ4v) is 2.74. The van der Waals surface area contributed by atoms with Crippen molar-refractivity contribution in [2.24, 2.45) is 5.92 Å². The highest BCUT2D eigenvalue weighted by Gasteiger charge is 2.28. The van der Waals surface area contributed by atoms with Crippen molar-refractivity contribution in [3.8, 4) is 11.5 Å². The lowest BCUT2D eigenvalue weighted by atomic mass is 9.78. The van der Waals surface area contributed by atoms with E-state index in [2.05, 4.69) is 5.32 Å². The zero-order valence-electron chi connectivity index (χ0n) is 11.3. The summed E-state index contributed by atoms with van der Waals surface area (Å²) in [5.41, 5.74) is 1.09. The van der Waals surface area contributed by atoms with Crippen molar-refractivity contribution in [3.63, 3.8) is 0 Å². The van der Waals surface area contributed by atoms with Gasteiger partial charge in [-0.1, -0.05) is 12.5 Å². The minimum atomic E-state index is -0.736. The molecule has 5 heteroatoms. The van der Waals surface area contributed by atoms with E-state index in [1.165, 1.54) is 6.42 Å². The first-order valence-electron chi connectivity index (χ1n) is 7.06. The summed E-state index contributed by atoms with van der Waals surface area (Å²) in [5.74, 6) is 1.30. The Hall–Kier alpha value is -1.75. The normalized spacial score (nSPS) is 18.6. The molecule has 1 heterocycles. The molecule has 1 aromatic rings. The van der Waals surface area contributed by atoms with Crippen molar-refractivity contribution < 1.29 is 19.4 Å². The van der Waals surface area contributed by atoms with Gasteiger partial charge in [0, 0.05) is 12.6 Å². The molecule has 1 atom stereocenters. The summed E-state index contributed by atoms with van der Waals surface area (Å²) in [4.78, 5) is 10.9. The fourth-order valence-electron chi connectivity index (χ4n) is 2.74. The van der Waals surface area contributed by atoms with E-state index in [-0.39, 0.29) is 19.3 Å². The SMILES string of the molecule is O=C(O)CC(NCc1ccc2c(c1)OCO2)C1CCC1. The van der Waals surface area contributed by atoms with Crippen LogP contribution in [0.25, 0.3) is 0 Å². The van der Waals surface area contributed by atoms with Crippen LogP contribution < -0.4 is 14.8 Å². The van der Waals surface area contributed by atoms with Crippen molar-refractivity contribution >= 4 is 5.97 Å². The van der Waals surface area contributed by atoms with Crippen LogP contribution in [-0.4, -0.2) is 23.9 Å². The number of carboxylic acids is 1. The number of ether oxygens (including phenoxy) is 2. The number of hydrogen-bond donors (Lipinski definition) is 2. The maximum absolute atomic E-state index is 10.9. The first-order valence-corrected chi connectivity index (χ1v) is 7.06. The number of nitrogens with one attached hydrogen (secondary N) is 1. The molecule has 0 radical (unpaired) electrons. The molecule has 1 saturated carbocycles. The molecule has 1 aliphatic carbocycles. The number of carbonyl (C=O) groups is 1. The number of carboxylic acid groups (broad SMARTS) is 1. The Morgan fingerprint density at radius 3 is 2.85 bits per heavy atom. The summed E-state index contributed by atoms with van der Waals surface area (Å²) in [7, 11) is 0. The summed E-state index contributed by atoms with van der Waals surface area (Å²) < 4.78 is 10.6. The smallest absolute Gasteiger partial charge is 0.304 e. The van der Waals surface area contributed by atoms with E-state index >= 15 is 0 Å². The van der Waals surface area contributed by atoms with Gasteiger partial charge in [0.15, 0.2) is 11.5 Å². The monoisotopic (exact) mass is 277 g/mol. The summed E-state index contributed by atoms with van der Waals surface area (Å²) in [5, 5.41) is 12.4. The second-order valence-corrected chi connectivity index (χ2v) is 5.46. The van der Waals surface area contributed by atoms with Crippen molar-refractivity contribution in [2.75, 3.05) is 6.79 Å². The number of aliphatic carboxylic acids is 1. The van der Waals surface area contributed by atoms with Crippen molar-refractivity contribution in [3.05, 3.63) is 23.8 Å². The van der Waals surface area contributed by atoms with Crippen LogP contribution in [0.15, 0.2) is 18.2 Å². The van der Waals surface area contributed by atoms with Gasteiger partial charge in [0.25, 0.3) is 0 Å². The third-order valence-electron chi connectivity index (χ3n) is 4.12. The zero-order chi connectivity index (χ0) is 13.9. The van der Waals surface area contributed by atoms with Gasteiger partial charge in [0.1, 0.15) is 0 Å². The van der Waals surface area contributed by atoms with Gasteiger partial charge in [-0.3, -0.25) is 4.79 Å². The van der Waals surface area contributed by atoms with E-state index in [1.54, 1.807) is 0 Å². The van der Waals surface area contributed by atoms with Gasteiger partial charge in [-0.25, -0.2) is 0 Å². The van der Waals surface area contributed by atoms with Crippen LogP contribution in [0.4, 0.5) is 0 Å². The summed E-state index contributed by atoms with van der Waals surface area (Å²) in [6.07, 6.45) is 3.67. The second-order valence-electron chi connectivity index (χ2n) is 5.46. The van der Waals surface area contributed by atoms with Crippen LogP contribution in [-0.2, 0) is 11.3 Å². The Balaban J connectivity index is 1.60. The minimum Gasteiger partial charge on any atom is -0.481 e. The molecule has 0 aromatic heterocycles. The molecule has 1 unspecified atom stereocenters. The topological polar surface area (TPSA) is 67.8 Å². The second kappa shape index (κ2) is 5.71. The molecular weight excluding hydrogens is 258 g/mol. The summed E-state index contributed by atoms with van der Waals surface area (Å²) in [6, 6.07) is 5.90. The quantitative estimate of drug-likeness (QED) is 0.834. The third-order valence-corrected chi connectivity index (χ3v) is 4.12. The molecule has 1 fully saturated rings. The van der Waals surface area contributed by atoms with Crippen LogP contribution in [0.2, 0.25) is 0 Å². The van der Waals surface area contributed by atoms with Gasteiger partial charge in [0.05, 0.1) is 6.42 Å². The lowest BCUT2D eigenvalue weighted by molar-refractivity contribution is -0.138. The number of rotatable bonds is 6. The van der Waals surface area contributed by atoms with Crippen molar-refractivity contribution in [2.45, 2.75) is 38.3 Å². The first-order chi connectivity index (χ1) is 9.72. The molecule has 0 spiro atoms. The molecule has 1 aromatic carbocycles. The number of hydrogen-bond acceptors (Lipinski definition) is 4. The lowest BCUT2D eigenvalue weighted by Gasteiger charge is -2.33. The molecule has 1 aliphatic heterocycles. The van der Waals surface area contributed by atoms with Crippen molar-refractivity contribution in [1.82, 2.24) is 5.32 Å². The minimum absolute atomic E-state index is 0.0617. The highest BCUT2D eigenvalue weighted by atomic mass is 16.7. The molecule has 2 aliphatic rings. The Bertz CT molecular complexity index is 499. The Labute approximate surface area is 117 Å². The predicted octanol–water partition coefficient (Wildman–Crippen LogP) is 2.15. The molecule has 20 heavy (non-hydrogen) atoms.